The molecule has 0 aliphatic carbocycles. The number of benzene rings is 1. The van der Waals surface area contributed by atoms with Gasteiger partial charge in [-0.15, -0.1) is 0 Å². The van der Waals surface area contributed by atoms with Crippen LogP contribution in [0.1, 0.15) is 38.3 Å². The van der Waals surface area contributed by atoms with Crippen LogP contribution in [0.3, 0.4) is 0 Å². The first-order chi connectivity index (χ1) is 10.1. The van der Waals surface area contributed by atoms with Gasteiger partial charge in [0.15, 0.2) is 0 Å². The Morgan fingerprint density at radius 3 is 2.43 bits per heavy atom. The van der Waals surface area contributed by atoms with Gasteiger partial charge in [0.25, 0.3) is 0 Å². The third-order valence-corrected chi connectivity index (χ3v) is 3.99. The van der Waals surface area contributed by atoms with Crippen molar-refractivity contribution in [2.75, 3.05) is 19.6 Å². The van der Waals surface area contributed by atoms with Crippen molar-refractivity contribution in [2.24, 2.45) is 5.92 Å². The monoisotopic (exact) mass is 290 g/mol. The van der Waals surface area contributed by atoms with Crippen LogP contribution in [-0.2, 0) is 4.79 Å². The molecule has 1 atom stereocenters. The third kappa shape index (κ3) is 4.83. The zero-order chi connectivity index (χ0) is 15.2. The van der Waals surface area contributed by atoms with Crippen LogP contribution in [-0.4, -0.2) is 41.7 Å². The van der Waals surface area contributed by atoms with Gasteiger partial charge in [0.1, 0.15) is 6.04 Å². The van der Waals surface area contributed by atoms with Gasteiger partial charge in [-0.25, -0.2) is 0 Å². The lowest BCUT2D eigenvalue weighted by Gasteiger charge is -2.34. The van der Waals surface area contributed by atoms with Gasteiger partial charge in [-0.05, 0) is 37.4 Å². The minimum absolute atomic E-state index is 0.287. The largest absolute Gasteiger partial charge is 0.480 e. The van der Waals surface area contributed by atoms with Crippen molar-refractivity contribution >= 4 is 5.97 Å². The maximum Gasteiger partial charge on any atom is 0.325 e. The standard InChI is InChI=1S/C17H26N2O2/c1-13(2)12-19-10-8-15(9-11-19)18-16(17(20)21)14-6-4-3-5-7-14/h3-7,13,15-16,18H,8-12H2,1-2H3,(H,20,21). The Morgan fingerprint density at radius 1 is 1.29 bits per heavy atom. The van der Waals surface area contributed by atoms with Crippen molar-refractivity contribution in [3.63, 3.8) is 0 Å². The van der Waals surface area contributed by atoms with Crippen molar-refractivity contribution < 1.29 is 9.90 Å². The molecular weight excluding hydrogens is 264 g/mol. The van der Waals surface area contributed by atoms with E-state index in [1.807, 2.05) is 30.3 Å². The van der Waals surface area contributed by atoms with Gasteiger partial charge in [0, 0.05) is 12.6 Å². The van der Waals surface area contributed by atoms with Gasteiger partial charge < -0.3 is 10.0 Å². The summed E-state index contributed by atoms with van der Waals surface area (Å²) >= 11 is 0. The Bertz CT molecular complexity index is 439. The van der Waals surface area contributed by atoms with Crippen molar-refractivity contribution in [3.8, 4) is 0 Å². The summed E-state index contributed by atoms with van der Waals surface area (Å²) in [7, 11) is 0. The van der Waals surface area contributed by atoms with Crippen molar-refractivity contribution in [2.45, 2.75) is 38.8 Å². The first kappa shape index (κ1) is 16.0. The Balaban J connectivity index is 1.90. The minimum atomic E-state index is -0.800. The Kier molecular flexibility index (Phi) is 5.76. The molecule has 21 heavy (non-hydrogen) atoms. The fourth-order valence-electron chi connectivity index (χ4n) is 2.99. The van der Waals surface area contributed by atoms with Crippen LogP contribution >= 0.6 is 0 Å². The van der Waals surface area contributed by atoms with Gasteiger partial charge in [-0.2, -0.15) is 0 Å². The number of likely N-dealkylation sites (tertiary alicyclic amines) is 1. The minimum Gasteiger partial charge on any atom is -0.480 e. The van der Waals surface area contributed by atoms with Crippen LogP contribution in [0.4, 0.5) is 0 Å². The van der Waals surface area contributed by atoms with E-state index in [9.17, 15) is 9.90 Å². The lowest BCUT2D eigenvalue weighted by atomic mass is 10.00. The summed E-state index contributed by atoms with van der Waals surface area (Å²) in [6.45, 7) is 7.71. The molecular formula is C17H26N2O2. The molecule has 1 unspecified atom stereocenters. The molecule has 0 saturated carbocycles. The molecule has 1 aromatic rings. The summed E-state index contributed by atoms with van der Waals surface area (Å²) in [6.07, 6.45) is 2.03. The van der Waals surface area contributed by atoms with Gasteiger partial charge in [0.05, 0.1) is 0 Å². The lowest BCUT2D eigenvalue weighted by molar-refractivity contribution is -0.140. The van der Waals surface area contributed by atoms with Crippen molar-refractivity contribution in [1.29, 1.82) is 0 Å². The maximum absolute atomic E-state index is 11.5. The van der Waals surface area contributed by atoms with Crippen LogP contribution in [0.25, 0.3) is 0 Å². The van der Waals surface area contributed by atoms with Crippen molar-refractivity contribution in [3.05, 3.63) is 35.9 Å². The van der Waals surface area contributed by atoms with E-state index in [0.29, 0.717) is 5.92 Å². The molecule has 2 rings (SSSR count). The molecule has 0 spiro atoms. The van der Waals surface area contributed by atoms with Gasteiger partial charge in [0.2, 0.25) is 0 Å². The van der Waals surface area contributed by atoms with Gasteiger partial charge in [-0.3, -0.25) is 10.1 Å². The second kappa shape index (κ2) is 7.57. The number of carboxylic acid groups (broad SMARTS) is 1. The van der Waals surface area contributed by atoms with E-state index in [1.54, 1.807) is 0 Å². The highest BCUT2D eigenvalue weighted by atomic mass is 16.4. The SMILES string of the molecule is CC(C)CN1CCC(NC(C(=O)O)c2ccccc2)CC1. The molecule has 1 aliphatic heterocycles. The highest BCUT2D eigenvalue weighted by molar-refractivity contribution is 5.75. The van der Waals surface area contributed by atoms with E-state index < -0.39 is 12.0 Å². The molecule has 4 nitrogen and oxygen atoms in total. The van der Waals surface area contributed by atoms with E-state index in [-0.39, 0.29) is 6.04 Å². The summed E-state index contributed by atoms with van der Waals surface area (Å²) in [6, 6.07) is 9.12. The summed E-state index contributed by atoms with van der Waals surface area (Å²) in [5, 5.41) is 12.8. The first-order valence-corrected chi connectivity index (χ1v) is 7.82. The average Bonchev–Trinajstić information content (AvgIpc) is 2.46. The Morgan fingerprint density at radius 2 is 1.90 bits per heavy atom. The highest BCUT2D eigenvalue weighted by Gasteiger charge is 2.26. The summed E-state index contributed by atoms with van der Waals surface area (Å²) < 4.78 is 0. The molecule has 116 valence electrons. The number of piperidine rings is 1. The topological polar surface area (TPSA) is 52.6 Å². The number of nitrogens with zero attached hydrogens (tertiary/aromatic N) is 1. The van der Waals surface area contributed by atoms with E-state index >= 15 is 0 Å². The van der Waals surface area contributed by atoms with E-state index in [2.05, 4.69) is 24.1 Å². The van der Waals surface area contributed by atoms with Crippen molar-refractivity contribution in [1.82, 2.24) is 10.2 Å². The molecule has 2 N–H and O–H groups in total. The maximum atomic E-state index is 11.5. The molecule has 1 aromatic carbocycles. The summed E-state index contributed by atoms with van der Waals surface area (Å²) in [4.78, 5) is 14.0. The third-order valence-electron chi connectivity index (χ3n) is 3.99. The zero-order valence-electron chi connectivity index (χ0n) is 13.0. The second-order valence-electron chi connectivity index (χ2n) is 6.32. The number of hydrogen-bond donors (Lipinski definition) is 2. The Hall–Kier alpha value is -1.39. The summed E-state index contributed by atoms with van der Waals surface area (Å²) in [5.74, 6) is -0.114. The van der Waals surface area contributed by atoms with Crippen LogP contribution in [0.2, 0.25) is 0 Å². The first-order valence-electron chi connectivity index (χ1n) is 7.82. The molecule has 0 radical (unpaired) electrons. The highest BCUT2D eigenvalue weighted by Crippen LogP contribution is 2.18. The molecule has 0 bridgehead atoms. The van der Waals surface area contributed by atoms with E-state index in [4.69, 9.17) is 0 Å². The quantitative estimate of drug-likeness (QED) is 0.845. The van der Waals surface area contributed by atoms with Gasteiger partial charge >= 0.3 is 5.97 Å². The lowest BCUT2D eigenvalue weighted by Crippen LogP contribution is -2.46. The number of aliphatic carboxylic acids is 1. The van der Waals surface area contributed by atoms with Gasteiger partial charge in [-0.1, -0.05) is 44.2 Å². The number of rotatable bonds is 6. The molecule has 1 aliphatic rings. The molecule has 0 aromatic heterocycles. The molecule has 1 saturated heterocycles. The fourth-order valence-corrected chi connectivity index (χ4v) is 2.99. The second-order valence-corrected chi connectivity index (χ2v) is 6.32. The number of carbonyl (C=O) groups is 1. The Labute approximate surface area is 127 Å². The van der Waals surface area contributed by atoms with E-state index in [0.717, 1.165) is 38.0 Å². The smallest absolute Gasteiger partial charge is 0.325 e. The number of carboxylic acids is 1. The fraction of sp³-hybridized carbons (Fsp3) is 0.588. The predicted octanol–water partition coefficient (Wildman–Crippen LogP) is 2.52. The molecule has 1 heterocycles. The molecule has 4 heteroatoms. The van der Waals surface area contributed by atoms with E-state index in [1.165, 1.54) is 0 Å². The molecule has 0 amide bonds. The average molecular weight is 290 g/mol. The summed E-state index contributed by atoms with van der Waals surface area (Å²) in [5.41, 5.74) is 0.828. The van der Waals surface area contributed by atoms with Crippen LogP contribution < -0.4 is 5.32 Å². The normalized spacial score (nSPS) is 18.8. The predicted molar refractivity (Wildman–Crippen MR) is 84.3 cm³/mol. The van der Waals surface area contributed by atoms with Crippen LogP contribution in [0.5, 0.6) is 0 Å². The van der Waals surface area contributed by atoms with Crippen LogP contribution in [0, 0.1) is 5.92 Å². The molecule has 1 fully saturated rings. The zero-order valence-corrected chi connectivity index (χ0v) is 13.0. The number of hydrogen-bond acceptors (Lipinski definition) is 3. The number of nitrogens with one attached hydrogen (secondary N) is 1. The van der Waals surface area contributed by atoms with Crippen LogP contribution in [0.15, 0.2) is 30.3 Å².